The van der Waals surface area contributed by atoms with Gasteiger partial charge in [-0.2, -0.15) is 0 Å². The summed E-state index contributed by atoms with van der Waals surface area (Å²) < 4.78 is 12.9. The molecule has 1 aromatic heterocycles. The van der Waals surface area contributed by atoms with Gasteiger partial charge in [0.2, 0.25) is 0 Å². The number of H-pyrrole nitrogens is 1. The Kier molecular flexibility index (Phi) is 2.55. The molecule has 5 nitrogen and oxygen atoms in total. The number of nitrogen functional groups attached to an aromatic ring is 1. The summed E-state index contributed by atoms with van der Waals surface area (Å²) in [7, 11) is 0. The van der Waals surface area contributed by atoms with Gasteiger partial charge in [0, 0.05) is 5.69 Å². The zero-order valence-corrected chi connectivity index (χ0v) is 8.20. The van der Waals surface area contributed by atoms with E-state index in [1.807, 2.05) is 0 Å². The van der Waals surface area contributed by atoms with Crippen molar-refractivity contribution in [2.75, 3.05) is 11.1 Å². The molecule has 0 saturated heterocycles. The number of anilines is 2. The minimum absolute atomic E-state index is 0.0117. The van der Waals surface area contributed by atoms with Crippen LogP contribution in [0.2, 0.25) is 0 Å². The van der Waals surface area contributed by atoms with E-state index in [1.54, 1.807) is 0 Å². The molecule has 6 heteroatoms. The fourth-order valence-corrected chi connectivity index (χ4v) is 1.20. The maximum atomic E-state index is 12.9. The van der Waals surface area contributed by atoms with E-state index < -0.39 is 5.82 Å². The van der Waals surface area contributed by atoms with E-state index in [-0.39, 0.29) is 11.6 Å². The van der Waals surface area contributed by atoms with E-state index in [0.29, 0.717) is 11.4 Å². The second-order valence-electron chi connectivity index (χ2n) is 3.16. The van der Waals surface area contributed by atoms with Crippen LogP contribution in [0.25, 0.3) is 0 Å². The Morgan fingerprint density at radius 1 is 1.50 bits per heavy atom. The quantitative estimate of drug-likeness (QED) is 0.668. The zero-order valence-electron chi connectivity index (χ0n) is 8.20. The first-order valence-electron chi connectivity index (χ1n) is 4.51. The number of nitrogens with one attached hydrogen (secondary N) is 2. The first-order valence-corrected chi connectivity index (χ1v) is 4.51. The molecule has 1 amide bonds. The first-order chi connectivity index (χ1) is 7.66. The monoisotopic (exact) mass is 220 g/mol. The van der Waals surface area contributed by atoms with Gasteiger partial charge >= 0.3 is 0 Å². The summed E-state index contributed by atoms with van der Waals surface area (Å²) in [5.41, 5.74) is 6.11. The SMILES string of the molecule is Nc1cc(NC(=O)c2cnc[nH]2)ccc1F. The molecule has 0 radical (unpaired) electrons. The van der Waals surface area contributed by atoms with Crippen LogP contribution in [-0.2, 0) is 0 Å². The second-order valence-corrected chi connectivity index (χ2v) is 3.16. The molecule has 4 N–H and O–H groups in total. The minimum atomic E-state index is -0.514. The number of halogens is 1. The summed E-state index contributed by atoms with van der Waals surface area (Å²) >= 11 is 0. The smallest absolute Gasteiger partial charge is 0.273 e. The van der Waals surface area contributed by atoms with Gasteiger partial charge in [-0.05, 0) is 18.2 Å². The Balaban J connectivity index is 2.15. The van der Waals surface area contributed by atoms with Crippen molar-refractivity contribution in [2.24, 2.45) is 0 Å². The number of hydrogen-bond donors (Lipinski definition) is 3. The third-order valence-electron chi connectivity index (χ3n) is 2.00. The van der Waals surface area contributed by atoms with Crippen molar-refractivity contribution >= 4 is 17.3 Å². The van der Waals surface area contributed by atoms with E-state index in [4.69, 9.17) is 5.73 Å². The highest BCUT2D eigenvalue weighted by molar-refractivity contribution is 6.02. The summed E-state index contributed by atoms with van der Waals surface area (Å²) in [4.78, 5) is 17.9. The lowest BCUT2D eigenvalue weighted by atomic mass is 10.2. The fraction of sp³-hybridized carbons (Fsp3) is 0. The summed E-state index contributed by atoms with van der Waals surface area (Å²) in [6.45, 7) is 0. The highest BCUT2D eigenvalue weighted by Crippen LogP contribution is 2.16. The number of rotatable bonds is 2. The molecular weight excluding hydrogens is 211 g/mol. The average Bonchev–Trinajstić information content (AvgIpc) is 2.77. The fourth-order valence-electron chi connectivity index (χ4n) is 1.20. The number of aromatic nitrogens is 2. The number of nitrogens with two attached hydrogens (primary N) is 1. The number of imidazole rings is 1. The Hall–Kier alpha value is -2.37. The lowest BCUT2D eigenvalue weighted by Crippen LogP contribution is -2.12. The number of carbonyl (C=O) groups is 1. The van der Waals surface area contributed by atoms with E-state index >= 15 is 0 Å². The van der Waals surface area contributed by atoms with E-state index in [1.165, 1.54) is 30.7 Å². The molecule has 0 aliphatic rings. The summed E-state index contributed by atoms with van der Waals surface area (Å²) in [6, 6.07) is 3.97. The standard InChI is InChI=1S/C10H9FN4O/c11-7-2-1-6(3-8(7)12)15-10(16)9-4-13-5-14-9/h1-5H,12H2,(H,13,14)(H,15,16). The van der Waals surface area contributed by atoms with Crippen LogP contribution in [0.3, 0.4) is 0 Å². The van der Waals surface area contributed by atoms with Crippen LogP contribution in [0.4, 0.5) is 15.8 Å². The maximum Gasteiger partial charge on any atom is 0.273 e. The molecule has 0 spiro atoms. The maximum absolute atomic E-state index is 12.9. The van der Waals surface area contributed by atoms with E-state index in [2.05, 4.69) is 15.3 Å². The predicted molar refractivity (Wildman–Crippen MR) is 57.4 cm³/mol. The number of nitrogens with zero attached hydrogens (tertiary/aromatic N) is 1. The molecule has 16 heavy (non-hydrogen) atoms. The Morgan fingerprint density at radius 3 is 2.94 bits per heavy atom. The molecule has 0 aliphatic heterocycles. The average molecular weight is 220 g/mol. The molecule has 0 atom stereocenters. The van der Waals surface area contributed by atoms with Gasteiger partial charge in [-0.25, -0.2) is 9.37 Å². The molecule has 0 unspecified atom stereocenters. The molecule has 1 heterocycles. The van der Waals surface area contributed by atoms with Gasteiger partial charge in [0.1, 0.15) is 11.5 Å². The van der Waals surface area contributed by atoms with Crippen LogP contribution in [0.1, 0.15) is 10.5 Å². The molecule has 2 rings (SSSR count). The normalized spacial score (nSPS) is 10.1. The topological polar surface area (TPSA) is 83.8 Å². The molecule has 0 bridgehead atoms. The Morgan fingerprint density at radius 2 is 2.31 bits per heavy atom. The van der Waals surface area contributed by atoms with Crippen molar-refractivity contribution in [3.8, 4) is 0 Å². The Labute approximate surface area is 90.5 Å². The van der Waals surface area contributed by atoms with E-state index in [9.17, 15) is 9.18 Å². The molecule has 82 valence electrons. The largest absolute Gasteiger partial charge is 0.396 e. The summed E-state index contributed by atoms with van der Waals surface area (Å²) in [5, 5.41) is 2.56. The molecule has 2 aromatic rings. The number of aromatic amines is 1. The summed E-state index contributed by atoms with van der Waals surface area (Å²) in [5.74, 6) is -0.872. The third kappa shape index (κ3) is 2.00. The van der Waals surface area contributed by atoms with Crippen molar-refractivity contribution in [1.82, 2.24) is 9.97 Å². The van der Waals surface area contributed by atoms with Gasteiger partial charge in [0.25, 0.3) is 5.91 Å². The first kappa shape index (κ1) is 10.2. The van der Waals surface area contributed by atoms with Gasteiger partial charge in [-0.3, -0.25) is 4.79 Å². The van der Waals surface area contributed by atoms with Crippen LogP contribution >= 0.6 is 0 Å². The van der Waals surface area contributed by atoms with Crippen LogP contribution in [0.15, 0.2) is 30.7 Å². The van der Waals surface area contributed by atoms with Crippen molar-refractivity contribution in [2.45, 2.75) is 0 Å². The third-order valence-corrected chi connectivity index (χ3v) is 2.00. The van der Waals surface area contributed by atoms with Crippen molar-refractivity contribution in [3.05, 3.63) is 42.2 Å². The predicted octanol–water partition coefficient (Wildman–Crippen LogP) is 1.38. The Bertz CT molecular complexity index is 510. The van der Waals surface area contributed by atoms with Crippen molar-refractivity contribution in [1.29, 1.82) is 0 Å². The van der Waals surface area contributed by atoms with Crippen molar-refractivity contribution in [3.63, 3.8) is 0 Å². The molecule has 0 saturated carbocycles. The van der Waals surface area contributed by atoms with Gasteiger partial charge in [0.15, 0.2) is 0 Å². The number of hydrogen-bond acceptors (Lipinski definition) is 3. The minimum Gasteiger partial charge on any atom is -0.396 e. The highest BCUT2D eigenvalue weighted by Gasteiger charge is 2.07. The van der Waals surface area contributed by atoms with E-state index in [0.717, 1.165) is 0 Å². The van der Waals surface area contributed by atoms with Gasteiger partial charge in [-0.1, -0.05) is 0 Å². The second kappa shape index (κ2) is 4.01. The molecule has 0 fully saturated rings. The highest BCUT2D eigenvalue weighted by atomic mass is 19.1. The lowest BCUT2D eigenvalue weighted by Gasteiger charge is -2.04. The molecular formula is C10H9FN4O. The van der Waals surface area contributed by atoms with Gasteiger partial charge < -0.3 is 16.0 Å². The van der Waals surface area contributed by atoms with Gasteiger partial charge in [-0.15, -0.1) is 0 Å². The number of carbonyl (C=O) groups excluding carboxylic acids is 1. The number of benzene rings is 1. The van der Waals surface area contributed by atoms with Crippen LogP contribution in [-0.4, -0.2) is 15.9 Å². The van der Waals surface area contributed by atoms with Crippen molar-refractivity contribution < 1.29 is 9.18 Å². The molecule has 1 aromatic carbocycles. The lowest BCUT2D eigenvalue weighted by molar-refractivity contribution is 0.102. The van der Waals surface area contributed by atoms with Gasteiger partial charge in [0.05, 0.1) is 18.2 Å². The number of amides is 1. The van der Waals surface area contributed by atoms with Crippen LogP contribution < -0.4 is 11.1 Å². The van der Waals surface area contributed by atoms with Crippen LogP contribution in [0, 0.1) is 5.82 Å². The van der Waals surface area contributed by atoms with Crippen LogP contribution in [0.5, 0.6) is 0 Å². The molecule has 0 aliphatic carbocycles. The summed E-state index contributed by atoms with van der Waals surface area (Å²) in [6.07, 6.45) is 2.79. The zero-order chi connectivity index (χ0) is 11.5.